The summed E-state index contributed by atoms with van der Waals surface area (Å²) in [5.41, 5.74) is 1.55. The van der Waals surface area contributed by atoms with Gasteiger partial charge in [0.05, 0.1) is 22.7 Å². The molecule has 0 saturated heterocycles. The zero-order chi connectivity index (χ0) is 30.1. The molecule has 0 N–H and O–H groups in total. The van der Waals surface area contributed by atoms with Crippen molar-refractivity contribution >= 4 is 20.8 Å². The highest BCUT2D eigenvalue weighted by atomic mass is 32.2. The lowest BCUT2D eigenvalue weighted by Gasteiger charge is -2.35. The zero-order valence-corrected chi connectivity index (χ0v) is 26.7. The molecule has 1 unspecified atom stereocenters. The smallest absolute Gasteiger partial charge is 0.344 e. The number of hydrogen-bond acceptors (Lipinski definition) is 6. The monoisotopic (exact) mass is 583 g/mol. The highest BCUT2D eigenvalue weighted by molar-refractivity contribution is 7.92. The summed E-state index contributed by atoms with van der Waals surface area (Å²) < 4.78 is 36.7. The Morgan fingerprint density at radius 2 is 1.49 bits per heavy atom. The molecule has 41 heavy (non-hydrogen) atoms. The van der Waals surface area contributed by atoms with E-state index in [9.17, 15) is 13.2 Å². The predicted octanol–water partition coefficient (Wildman–Crippen LogP) is 8.62. The molecule has 2 aromatic heterocycles. The van der Waals surface area contributed by atoms with E-state index < -0.39 is 14.6 Å². The number of sulfone groups is 1. The van der Waals surface area contributed by atoms with Gasteiger partial charge < -0.3 is 9.15 Å². The number of ether oxygens (including phenoxy) is 1. The summed E-state index contributed by atoms with van der Waals surface area (Å²) in [5.74, 6) is 0.869. The van der Waals surface area contributed by atoms with Crippen molar-refractivity contribution in [2.24, 2.45) is 11.3 Å². The molecule has 226 valence electrons. The largest absolute Gasteiger partial charge is 0.478 e. The van der Waals surface area contributed by atoms with Gasteiger partial charge in [-0.15, -0.1) is 0 Å². The second-order valence-electron chi connectivity index (χ2n) is 13.1. The quantitative estimate of drug-likeness (QED) is 0.157. The van der Waals surface area contributed by atoms with Crippen molar-refractivity contribution in [3.63, 3.8) is 0 Å². The molecule has 0 aliphatic rings. The first-order valence-corrected chi connectivity index (χ1v) is 16.8. The van der Waals surface area contributed by atoms with Crippen LogP contribution in [0.4, 0.5) is 0 Å². The number of hydrogen-bond donors (Lipinski definition) is 0. The van der Waals surface area contributed by atoms with Crippen molar-refractivity contribution in [2.75, 3.05) is 12.4 Å². The third kappa shape index (κ3) is 9.69. The molecule has 7 heteroatoms. The third-order valence-corrected chi connectivity index (χ3v) is 11.0. The molecule has 0 fully saturated rings. The van der Waals surface area contributed by atoms with Crippen LogP contribution in [0.15, 0.2) is 57.9 Å². The van der Waals surface area contributed by atoms with Crippen LogP contribution in [0.2, 0.25) is 0 Å². The van der Waals surface area contributed by atoms with Gasteiger partial charge >= 0.3 is 5.63 Å². The molecular weight excluding hydrogens is 534 g/mol. The minimum Gasteiger partial charge on any atom is -0.478 e. The SMILES string of the molecule is CC(CC(C)(C)C)C(C)(C)S(=O)(=O)CCCCCCCCCCOc1cc2oc(=O)c(-c3ccccc3)cc2cn1. The van der Waals surface area contributed by atoms with Gasteiger partial charge in [0.15, 0.2) is 9.84 Å². The summed E-state index contributed by atoms with van der Waals surface area (Å²) >= 11 is 0. The maximum absolute atomic E-state index is 13.0. The molecule has 0 amide bonds. The van der Waals surface area contributed by atoms with Gasteiger partial charge in [-0.3, -0.25) is 0 Å². The van der Waals surface area contributed by atoms with Gasteiger partial charge in [-0.1, -0.05) is 96.6 Å². The van der Waals surface area contributed by atoms with E-state index in [1.807, 2.05) is 50.2 Å². The molecule has 1 atom stereocenters. The Morgan fingerprint density at radius 3 is 2.12 bits per heavy atom. The summed E-state index contributed by atoms with van der Waals surface area (Å²) in [5, 5.41) is 0.757. The number of benzene rings is 1. The van der Waals surface area contributed by atoms with Crippen LogP contribution < -0.4 is 10.4 Å². The van der Waals surface area contributed by atoms with Crippen molar-refractivity contribution in [1.29, 1.82) is 0 Å². The van der Waals surface area contributed by atoms with Crippen LogP contribution in [0.3, 0.4) is 0 Å². The first kappa shape index (κ1) is 32.8. The lowest BCUT2D eigenvalue weighted by Crippen LogP contribution is -2.41. The van der Waals surface area contributed by atoms with E-state index in [2.05, 4.69) is 32.7 Å². The summed E-state index contributed by atoms with van der Waals surface area (Å²) in [6.45, 7) is 13.0. The van der Waals surface area contributed by atoms with Crippen molar-refractivity contribution < 1.29 is 17.6 Å². The van der Waals surface area contributed by atoms with Gasteiger partial charge in [-0.2, -0.15) is 0 Å². The predicted molar refractivity (Wildman–Crippen MR) is 169 cm³/mol. The van der Waals surface area contributed by atoms with Gasteiger partial charge in [0.2, 0.25) is 5.88 Å². The normalized spacial score (nSPS) is 13.4. The van der Waals surface area contributed by atoms with E-state index in [0.29, 0.717) is 23.6 Å². The molecule has 6 nitrogen and oxygen atoms in total. The van der Waals surface area contributed by atoms with Crippen LogP contribution >= 0.6 is 0 Å². The van der Waals surface area contributed by atoms with E-state index in [-0.39, 0.29) is 22.7 Å². The van der Waals surface area contributed by atoms with Crippen LogP contribution in [0.1, 0.15) is 99.3 Å². The standard InChI is InChI=1S/C34H49NO5S/c1-26(24-33(2,3)4)34(5,6)41(37,38)21-17-12-10-8-7-9-11-16-20-39-31-23-30-28(25-35-31)22-29(32(36)40-30)27-18-14-13-15-19-27/h13-15,18-19,22-23,25-26H,7-12,16-17,20-21,24H2,1-6H3. The van der Waals surface area contributed by atoms with E-state index >= 15 is 0 Å². The molecule has 1 aromatic carbocycles. The molecular formula is C34H49NO5S. The Labute approximate surface area is 246 Å². The number of pyridine rings is 1. The summed E-state index contributed by atoms with van der Waals surface area (Å²) in [6.07, 6.45) is 10.7. The molecule has 0 radical (unpaired) electrons. The van der Waals surface area contributed by atoms with Crippen molar-refractivity contribution in [3.8, 4) is 17.0 Å². The number of aromatic nitrogens is 1. The maximum Gasteiger partial charge on any atom is 0.344 e. The minimum absolute atomic E-state index is 0.123. The van der Waals surface area contributed by atoms with Crippen LogP contribution in [0.5, 0.6) is 5.88 Å². The molecule has 3 aromatic rings. The van der Waals surface area contributed by atoms with Gasteiger partial charge in [-0.05, 0) is 56.1 Å². The second kappa shape index (κ2) is 14.5. The van der Waals surface area contributed by atoms with E-state index in [1.165, 1.54) is 0 Å². The van der Waals surface area contributed by atoms with Crippen molar-refractivity contribution in [3.05, 3.63) is 59.1 Å². The van der Waals surface area contributed by atoms with Crippen LogP contribution in [-0.4, -0.2) is 30.5 Å². The lowest BCUT2D eigenvalue weighted by molar-refractivity contribution is 0.269. The van der Waals surface area contributed by atoms with Crippen LogP contribution in [0.25, 0.3) is 22.1 Å². The van der Waals surface area contributed by atoms with Gasteiger partial charge in [0.25, 0.3) is 0 Å². The summed E-state index contributed by atoms with van der Waals surface area (Å²) in [7, 11) is -3.13. The minimum atomic E-state index is -3.13. The fraction of sp³-hybridized carbons (Fsp3) is 0.588. The fourth-order valence-corrected chi connectivity index (χ4v) is 7.07. The zero-order valence-electron chi connectivity index (χ0n) is 25.9. The topological polar surface area (TPSA) is 86.5 Å². The number of rotatable bonds is 16. The second-order valence-corrected chi connectivity index (χ2v) is 15.8. The molecule has 0 bridgehead atoms. The summed E-state index contributed by atoms with van der Waals surface area (Å²) in [4.78, 5) is 16.9. The Bertz CT molecular complexity index is 1400. The Kier molecular flexibility index (Phi) is 11.6. The summed E-state index contributed by atoms with van der Waals surface area (Å²) in [6, 6.07) is 12.9. The first-order chi connectivity index (χ1) is 19.3. The van der Waals surface area contributed by atoms with E-state index in [4.69, 9.17) is 9.15 Å². The Hall–Kier alpha value is -2.67. The van der Waals surface area contributed by atoms with E-state index in [1.54, 1.807) is 12.3 Å². The third-order valence-electron chi connectivity index (χ3n) is 8.14. The number of unbranched alkanes of at least 4 members (excludes halogenated alkanes) is 7. The number of nitrogens with zero attached hydrogens (tertiary/aromatic N) is 1. The van der Waals surface area contributed by atoms with Crippen LogP contribution in [-0.2, 0) is 9.84 Å². The molecule has 2 heterocycles. The lowest BCUT2D eigenvalue weighted by atomic mass is 9.80. The fourth-order valence-electron chi connectivity index (χ4n) is 5.26. The Morgan fingerprint density at radius 1 is 0.878 bits per heavy atom. The molecule has 0 saturated carbocycles. The van der Waals surface area contributed by atoms with Gasteiger partial charge in [0, 0.05) is 17.6 Å². The average molecular weight is 584 g/mol. The highest BCUT2D eigenvalue weighted by Crippen LogP contribution is 2.36. The number of fused-ring (bicyclic) bond motifs is 1. The molecule has 3 rings (SSSR count). The van der Waals surface area contributed by atoms with Crippen molar-refractivity contribution in [2.45, 2.75) is 104 Å². The van der Waals surface area contributed by atoms with Gasteiger partial charge in [-0.25, -0.2) is 18.2 Å². The Balaban J connectivity index is 1.30. The first-order valence-electron chi connectivity index (χ1n) is 15.1. The maximum atomic E-state index is 13.0. The van der Waals surface area contributed by atoms with Crippen LogP contribution in [0, 0.1) is 11.3 Å². The highest BCUT2D eigenvalue weighted by Gasteiger charge is 2.40. The molecule has 0 aliphatic carbocycles. The molecule has 0 aliphatic heterocycles. The average Bonchev–Trinajstić information content (AvgIpc) is 2.90. The molecule has 0 spiro atoms. The van der Waals surface area contributed by atoms with Crippen molar-refractivity contribution in [1.82, 2.24) is 4.98 Å². The van der Waals surface area contributed by atoms with E-state index in [0.717, 1.165) is 68.7 Å². The van der Waals surface area contributed by atoms with Gasteiger partial charge in [0.1, 0.15) is 5.58 Å².